The van der Waals surface area contributed by atoms with Crippen LogP contribution in [0.5, 0.6) is 0 Å². The third-order valence-corrected chi connectivity index (χ3v) is 2.82. The number of carbonyl (C=O) groups is 1. The molecule has 0 saturated heterocycles. The van der Waals surface area contributed by atoms with E-state index in [0.29, 0.717) is 12.2 Å². The molecule has 94 valence electrons. The number of likely N-dealkylation sites (N-methyl/N-ethyl adjacent to an activating group) is 1. The van der Waals surface area contributed by atoms with Crippen molar-refractivity contribution in [2.75, 3.05) is 19.6 Å². The Hall–Kier alpha value is -1.20. The molecule has 1 rings (SSSR count). The number of nitrogens with zero attached hydrogens (tertiary/aromatic N) is 3. The highest BCUT2D eigenvalue weighted by atomic mass is 35.5. The van der Waals surface area contributed by atoms with Crippen LogP contribution < -0.4 is 0 Å². The van der Waals surface area contributed by atoms with Crippen molar-refractivity contribution in [1.29, 1.82) is 0 Å². The SMILES string of the molecule is CCN(CC)CCc1ncc(Cl)c(C(=O)O)n1. The second-order valence-corrected chi connectivity index (χ2v) is 3.97. The van der Waals surface area contributed by atoms with Crippen molar-refractivity contribution in [1.82, 2.24) is 14.9 Å². The molecule has 0 saturated carbocycles. The van der Waals surface area contributed by atoms with Crippen LogP contribution in [0, 0.1) is 0 Å². The fraction of sp³-hybridized carbons (Fsp3) is 0.545. The van der Waals surface area contributed by atoms with Gasteiger partial charge in [-0.15, -0.1) is 0 Å². The van der Waals surface area contributed by atoms with Gasteiger partial charge in [0.25, 0.3) is 0 Å². The molecule has 0 aromatic carbocycles. The minimum absolute atomic E-state index is 0.0732. The second kappa shape index (κ2) is 6.51. The number of aromatic carboxylic acids is 1. The molecule has 0 radical (unpaired) electrons. The summed E-state index contributed by atoms with van der Waals surface area (Å²) in [6.07, 6.45) is 1.97. The van der Waals surface area contributed by atoms with Crippen molar-refractivity contribution in [3.8, 4) is 0 Å². The smallest absolute Gasteiger partial charge is 0.356 e. The van der Waals surface area contributed by atoms with Gasteiger partial charge in [-0.25, -0.2) is 14.8 Å². The molecule has 5 nitrogen and oxygen atoms in total. The lowest BCUT2D eigenvalue weighted by atomic mass is 10.3. The van der Waals surface area contributed by atoms with Crippen LogP contribution >= 0.6 is 11.6 Å². The van der Waals surface area contributed by atoms with Crippen molar-refractivity contribution < 1.29 is 9.90 Å². The van der Waals surface area contributed by atoms with Crippen molar-refractivity contribution in [2.45, 2.75) is 20.3 Å². The van der Waals surface area contributed by atoms with Crippen molar-refractivity contribution in [3.63, 3.8) is 0 Å². The molecule has 1 aromatic heterocycles. The number of aromatic nitrogens is 2. The summed E-state index contributed by atoms with van der Waals surface area (Å²) in [5.74, 6) is -0.611. The van der Waals surface area contributed by atoms with Crippen LogP contribution in [-0.2, 0) is 6.42 Å². The van der Waals surface area contributed by atoms with Crippen molar-refractivity contribution in [3.05, 3.63) is 22.7 Å². The highest BCUT2D eigenvalue weighted by Crippen LogP contribution is 2.12. The lowest BCUT2D eigenvalue weighted by Gasteiger charge is -2.17. The molecule has 0 amide bonds. The van der Waals surface area contributed by atoms with Crippen LogP contribution in [0.3, 0.4) is 0 Å². The summed E-state index contributed by atoms with van der Waals surface area (Å²) in [6, 6.07) is 0. The molecule has 0 spiro atoms. The fourth-order valence-corrected chi connectivity index (χ4v) is 1.64. The van der Waals surface area contributed by atoms with Gasteiger partial charge in [-0.3, -0.25) is 0 Å². The topological polar surface area (TPSA) is 66.3 Å². The molecule has 0 fully saturated rings. The molecule has 0 aliphatic carbocycles. The van der Waals surface area contributed by atoms with E-state index in [-0.39, 0.29) is 10.7 Å². The summed E-state index contributed by atoms with van der Waals surface area (Å²) in [6.45, 7) is 6.88. The number of carboxylic acid groups (broad SMARTS) is 1. The minimum Gasteiger partial charge on any atom is -0.476 e. The average Bonchev–Trinajstić information content (AvgIpc) is 2.32. The van der Waals surface area contributed by atoms with Gasteiger partial charge in [0.2, 0.25) is 0 Å². The van der Waals surface area contributed by atoms with E-state index < -0.39 is 5.97 Å². The Bertz CT molecular complexity index is 394. The first kappa shape index (κ1) is 13.9. The summed E-state index contributed by atoms with van der Waals surface area (Å²) in [4.78, 5) is 21.0. The predicted molar refractivity (Wildman–Crippen MR) is 65.5 cm³/mol. The van der Waals surface area contributed by atoms with Gasteiger partial charge in [0, 0.05) is 13.0 Å². The van der Waals surface area contributed by atoms with Crippen LogP contribution in [-0.4, -0.2) is 45.6 Å². The molecular weight excluding hydrogens is 242 g/mol. The molecule has 1 heterocycles. The fourth-order valence-electron chi connectivity index (χ4n) is 1.47. The van der Waals surface area contributed by atoms with Gasteiger partial charge in [0.1, 0.15) is 5.82 Å². The van der Waals surface area contributed by atoms with Gasteiger partial charge in [0.05, 0.1) is 11.2 Å². The number of rotatable bonds is 6. The summed E-state index contributed by atoms with van der Waals surface area (Å²) >= 11 is 5.69. The van der Waals surface area contributed by atoms with Crippen LogP contribution in [0.25, 0.3) is 0 Å². The summed E-state index contributed by atoms with van der Waals surface area (Å²) < 4.78 is 0. The van der Waals surface area contributed by atoms with E-state index in [4.69, 9.17) is 16.7 Å². The molecule has 6 heteroatoms. The quantitative estimate of drug-likeness (QED) is 0.840. The van der Waals surface area contributed by atoms with Gasteiger partial charge in [-0.05, 0) is 13.1 Å². The maximum absolute atomic E-state index is 10.8. The number of halogens is 1. The lowest BCUT2D eigenvalue weighted by Crippen LogP contribution is -2.26. The zero-order valence-corrected chi connectivity index (χ0v) is 10.7. The Morgan fingerprint density at radius 1 is 1.47 bits per heavy atom. The van der Waals surface area contributed by atoms with Gasteiger partial charge >= 0.3 is 5.97 Å². The van der Waals surface area contributed by atoms with Crippen LogP contribution in [0.15, 0.2) is 6.20 Å². The molecular formula is C11H16ClN3O2. The molecule has 0 aliphatic rings. The van der Waals surface area contributed by atoms with Crippen molar-refractivity contribution >= 4 is 17.6 Å². The monoisotopic (exact) mass is 257 g/mol. The highest BCUT2D eigenvalue weighted by molar-refractivity contribution is 6.33. The second-order valence-electron chi connectivity index (χ2n) is 3.56. The first-order valence-electron chi connectivity index (χ1n) is 5.55. The van der Waals surface area contributed by atoms with E-state index in [1.165, 1.54) is 6.20 Å². The average molecular weight is 258 g/mol. The Labute approximate surface area is 105 Å². The summed E-state index contributed by atoms with van der Waals surface area (Å²) in [5.41, 5.74) is -0.129. The largest absolute Gasteiger partial charge is 0.476 e. The minimum atomic E-state index is -1.12. The van der Waals surface area contributed by atoms with E-state index in [1.54, 1.807) is 0 Å². The molecule has 1 aromatic rings. The van der Waals surface area contributed by atoms with E-state index in [2.05, 4.69) is 28.7 Å². The molecule has 0 atom stereocenters. The molecule has 0 unspecified atom stereocenters. The first-order chi connectivity index (χ1) is 8.08. The van der Waals surface area contributed by atoms with E-state index in [9.17, 15) is 4.79 Å². The van der Waals surface area contributed by atoms with Crippen LogP contribution in [0.4, 0.5) is 0 Å². The molecule has 0 aliphatic heterocycles. The van der Waals surface area contributed by atoms with Gasteiger partial charge in [0.15, 0.2) is 5.69 Å². The van der Waals surface area contributed by atoms with E-state index >= 15 is 0 Å². The lowest BCUT2D eigenvalue weighted by molar-refractivity contribution is 0.0690. The number of carboxylic acids is 1. The Morgan fingerprint density at radius 3 is 2.65 bits per heavy atom. The maximum atomic E-state index is 10.8. The number of hydrogen-bond donors (Lipinski definition) is 1. The van der Waals surface area contributed by atoms with Crippen LogP contribution in [0.1, 0.15) is 30.2 Å². The van der Waals surface area contributed by atoms with Gasteiger partial charge < -0.3 is 10.0 Å². The molecule has 17 heavy (non-hydrogen) atoms. The third-order valence-electron chi connectivity index (χ3n) is 2.54. The van der Waals surface area contributed by atoms with Crippen molar-refractivity contribution in [2.24, 2.45) is 0 Å². The Morgan fingerprint density at radius 2 is 2.12 bits per heavy atom. The highest BCUT2D eigenvalue weighted by Gasteiger charge is 2.12. The zero-order valence-electron chi connectivity index (χ0n) is 9.98. The van der Waals surface area contributed by atoms with Gasteiger partial charge in [-0.1, -0.05) is 25.4 Å². The normalized spacial score (nSPS) is 10.8. The van der Waals surface area contributed by atoms with Gasteiger partial charge in [-0.2, -0.15) is 0 Å². The molecule has 1 N–H and O–H groups in total. The number of hydrogen-bond acceptors (Lipinski definition) is 4. The third kappa shape index (κ3) is 3.94. The van der Waals surface area contributed by atoms with Crippen LogP contribution in [0.2, 0.25) is 5.02 Å². The first-order valence-corrected chi connectivity index (χ1v) is 5.93. The Kier molecular flexibility index (Phi) is 5.31. The predicted octanol–water partition coefficient (Wildman–Crippen LogP) is 1.71. The Balaban J connectivity index is 2.72. The zero-order chi connectivity index (χ0) is 12.8. The summed E-state index contributed by atoms with van der Waals surface area (Å²) in [7, 11) is 0. The summed E-state index contributed by atoms with van der Waals surface area (Å²) in [5, 5.41) is 8.95. The maximum Gasteiger partial charge on any atom is 0.356 e. The van der Waals surface area contributed by atoms with E-state index in [1.807, 2.05) is 0 Å². The standard InChI is InChI=1S/C11H16ClN3O2/c1-3-15(4-2)6-5-9-13-7-8(12)10(14-9)11(16)17/h7H,3-6H2,1-2H3,(H,16,17). The molecule has 0 bridgehead atoms. The van der Waals surface area contributed by atoms with E-state index in [0.717, 1.165) is 19.6 Å².